The first-order valence-electron chi connectivity index (χ1n) is 20.4. The highest BCUT2D eigenvalue weighted by molar-refractivity contribution is 6.04. The minimum Gasteiger partial charge on any atom is -0.453 e. The Morgan fingerprint density at radius 2 is 1.37 bits per heavy atom. The third-order valence-electron chi connectivity index (χ3n) is 11.2. The maximum atomic E-state index is 13.7. The van der Waals surface area contributed by atoms with Crippen LogP contribution >= 0.6 is 0 Å². The molecule has 1 aliphatic rings. The standard InChI is InChI=1S/C45H56N8O6/c1-9-22-52(42(54)38(26(2)3)50-44(56)58-7)28(6)40-46-24-35(48-40)30-18-16-29(17-19-30)31-20-21-34(33-14-11-10-13-32(31)33)36-25-47-41(49-36)37-15-12-23-53(37)43(55)39(27(4)5)51-45(57)59-8/h10-11,13-14,16-21,24-28,37-39H,9,12,15,22-23H2,1-8H3,(H,46,48)(H,47,49)(H,50,56)(H,51,57). The Labute approximate surface area is 345 Å². The number of ether oxygens (including phenoxy) is 2. The molecular weight excluding hydrogens is 749 g/mol. The summed E-state index contributed by atoms with van der Waals surface area (Å²) in [5.74, 6) is 0.772. The molecule has 0 radical (unpaired) electrons. The minimum absolute atomic E-state index is 0.119. The van der Waals surface area contributed by atoms with Crippen LogP contribution in [0.5, 0.6) is 0 Å². The van der Waals surface area contributed by atoms with Crippen LogP contribution in [-0.4, -0.2) is 93.1 Å². The van der Waals surface area contributed by atoms with Crippen molar-refractivity contribution in [1.82, 2.24) is 40.4 Å². The minimum atomic E-state index is -0.734. The predicted octanol–water partition coefficient (Wildman–Crippen LogP) is 8.01. The zero-order valence-corrected chi connectivity index (χ0v) is 35.2. The topological polar surface area (TPSA) is 175 Å². The largest absolute Gasteiger partial charge is 0.453 e. The van der Waals surface area contributed by atoms with Crippen LogP contribution in [0.25, 0.3) is 44.4 Å². The van der Waals surface area contributed by atoms with Gasteiger partial charge in [-0.1, -0.05) is 95.3 Å². The monoisotopic (exact) mass is 804 g/mol. The van der Waals surface area contributed by atoms with Crippen molar-refractivity contribution in [2.24, 2.45) is 11.8 Å². The van der Waals surface area contributed by atoms with Gasteiger partial charge in [0.25, 0.3) is 0 Å². The molecule has 1 fully saturated rings. The van der Waals surface area contributed by atoms with Gasteiger partial charge in [0.05, 0.1) is 50.1 Å². The van der Waals surface area contributed by atoms with Gasteiger partial charge in [0.1, 0.15) is 23.7 Å². The van der Waals surface area contributed by atoms with Crippen molar-refractivity contribution >= 4 is 34.8 Å². The molecule has 59 heavy (non-hydrogen) atoms. The van der Waals surface area contributed by atoms with E-state index in [2.05, 4.69) is 74.1 Å². The molecule has 0 spiro atoms. The van der Waals surface area contributed by atoms with Crippen molar-refractivity contribution in [3.05, 3.63) is 84.7 Å². The summed E-state index contributed by atoms with van der Waals surface area (Å²) in [5, 5.41) is 7.55. The number of amides is 4. The molecule has 2 aromatic heterocycles. The smallest absolute Gasteiger partial charge is 0.407 e. The molecule has 3 aromatic carbocycles. The number of aromatic amines is 2. The molecular formula is C45H56N8O6. The molecule has 4 N–H and O–H groups in total. The van der Waals surface area contributed by atoms with Crippen LogP contribution < -0.4 is 10.6 Å². The lowest BCUT2D eigenvalue weighted by atomic mass is 9.93. The van der Waals surface area contributed by atoms with Crippen LogP contribution in [0.3, 0.4) is 0 Å². The SMILES string of the molecule is CCCN(C(=O)C(NC(=O)OC)C(C)C)C(C)c1ncc(-c2ccc(-c3ccc(-c4cnc(C5CCCN5C(=O)C(NC(=O)OC)C(C)C)[nH]4)c4ccccc34)cc2)[nH]1. The van der Waals surface area contributed by atoms with Gasteiger partial charge in [-0.3, -0.25) is 9.59 Å². The third-order valence-corrected chi connectivity index (χ3v) is 11.2. The fourth-order valence-electron chi connectivity index (χ4n) is 7.91. The number of imidazole rings is 2. The molecule has 6 rings (SSSR count). The van der Waals surface area contributed by atoms with E-state index >= 15 is 0 Å². The van der Waals surface area contributed by atoms with Crippen molar-refractivity contribution in [2.45, 2.75) is 85.0 Å². The molecule has 0 bridgehead atoms. The molecule has 4 amide bonds. The van der Waals surface area contributed by atoms with Crippen LogP contribution in [0.15, 0.2) is 73.1 Å². The molecule has 3 heterocycles. The number of hydrogen-bond acceptors (Lipinski definition) is 8. The van der Waals surface area contributed by atoms with Gasteiger partial charge in [-0.2, -0.15) is 0 Å². The third kappa shape index (κ3) is 9.11. The Bertz CT molecular complexity index is 2260. The van der Waals surface area contributed by atoms with Crippen molar-refractivity contribution < 1.29 is 28.7 Å². The highest BCUT2D eigenvalue weighted by atomic mass is 16.5. The van der Waals surface area contributed by atoms with E-state index in [1.807, 2.05) is 64.8 Å². The number of alkyl carbamates (subject to hydrolysis) is 2. The van der Waals surface area contributed by atoms with Crippen LogP contribution in [0, 0.1) is 11.8 Å². The average Bonchev–Trinajstić information content (AvgIpc) is 4.04. The number of methoxy groups -OCH3 is 2. The summed E-state index contributed by atoms with van der Waals surface area (Å²) in [6, 6.07) is 18.8. The Morgan fingerprint density at radius 1 is 0.780 bits per heavy atom. The van der Waals surface area contributed by atoms with E-state index in [0.717, 1.165) is 63.7 Å². The number of aromatic nitrogens is 4. The van der Waals surface area contributed by atoms with E-state index in [1.165, 1.54) is 14.2 Å². The Morgan fingerprint density at radius 3 is 2.00 bits per heavy atom. The number of benzene rings is 3. The van der Waals surface area contributed by atoms with Crippen LogP contribution in [-0.2, 0) is 19.1 Å². The summed E-state index contributed by atoms with van der Waals surface area (Å²) in [5.41, 5.74) is 5.76. The van der Waals surface area contributed by atoms with E-state index in [9.17, 15) is 19.2 Å². The number of hydrogen-bond donors (Lipinski definition) is 4. The van der Waals surface area contributed by atoms with Crippen LogP contribution in [0.2, 0.25) is 0 Å². The fourth-order valence-corrected chi connectivity index (χ4v) is 7.91. The lowest BCUT2D eigenvalue weighted by Crippen LogP contribution is -2.52. The number of carbonyl (C=O) groups excluding carboxylic acids is 4. The molecule has 4 atom stereocenters. The zero-order chi connectivity index (χ0) is 42.4. The summed E-state index contributed by atoms with van der Waals surface area (Å²) in [4.78, 5) is 71.5. The van der Waals surface area contributed by atoms with Gasteiger partial charge in [-0.05, 0) is 65.5 Å². The van der Waals surface area contributed by atoms with Gasteiger partial charge in [-0.15, -0.1) is 0 Å². The van der Waals surface area contributed by atoms with Gasteiger partial charge in [0.2, 0.25) is 11.8 Å². The molecule has 1 aliphatic heterocycles. The van der Waals surface area contributed by atoms with Crippen molar-refractivity contribution in [3.8, 4) is 33.6 Å². The fraction of sp³-hybridized carbons (Fsp3) is 0.422. The molecule has 14 nitrogen and oxygen atoms in total. The lowest BCUT2D eigenvalue weighted by molar-refractivity contribution is -0.137. The zero-order valence-electron chi connectivity index (χ0n) is 35.2. The van der Waals surface area contributed by atoms with Crippen molar-refractivity contribution in [1.29, 1.82) is 0 Å². The first-order chi connectivity index (χ1) is 28.4. The van der Waals surface area contributed by atoms with E-state index in [4.69, 9.17) is 14.5 Å². The second-order valence-electron chi connectivity index (χ2n) is 15.8. The van der Waals surface area contributed by atoms with Crippen LogP contribution in [0.4, 0.5) is 9.59 Å². The second-order valence-corrected chi connectivity index (χ2v) is 15.8. The Hall–Kier alpha value is -6.18. The molecule has 5 aromatic rings. The van der Waals surface area contributed by atoms with Gasteiger partial charge in [-0.25, -0.2) is 19.6 Å². The average molecular weight is 805 g/mol. The van der Waals surface area contributed by atoms with Crippen molar-refractivity contribution in [3.63, 3.8) is 0 Å². The molecule has 0 aliphatic carbocycles. The van der Waals surface area contributed by atoms with Crippen molar-refractivity contribution in [2.75, 3.05) is 27.3 Å². The number of nitrogens with zero attached hydrogens (tertiary/aromatic N) is 4. The normalized spacial score (nSPS) is 15.6. The van der Waals surface area contributed by atoms with E-state index in [1.54, 1.807) is 11.1 Å². The first-order valence-corrected chi connectivity index (χ1v) is 20.4. The quantitative estimate of drug-likeness (QED) is 0.0873. The number of nitrogens with one attached hydrogen (secondary N) is 4. The lowest BCUT2D eigenvalue weighted by Gasteiger charge is -2.33. The molecule has 0 saturated carbocycles. The van der Waals surface area contributed by atoms with Gasteiger partial charge >= 0.3 is 12.2 Å². The van der Waals surface area contributed by atoms with Gasteiger partial charge in [0.15, 0.2) is 0 Å². The number of fused-ring (bicyclic) bond motifs is 1. The number of likely N-dealkylation sites (tertiary alicyclic amines) is 1. The van der Waals surface area contributed by atoms with Gasteiger partial charge < -0.3 is 39.9 Å². The highest BCUT2D eigenvalue weighted by Crippen LogP contribution is 2.38. The summed E-state index contributed by atoms with van der Waals surface area (Å²) >= 11 is 0. The van der Waals surface area contributed by atoms with Crippen LogP contribution in [0.1, 0.15) is 84.5 Å². The molecule has 1 saturated heterocycles. The molecule has 4 unspecified atom stereocenters. The first kappa shape index (κ1) is 42.4. The number of rotatable bonds is 14. The highest BCUT2D eigenvalue weighted by Gasteiger charge is 2.38. The maximum Gasteiger partial charge on any atom is 0.407 e. The number of carbonyl (C=O) groups is 4. The summed E-state index contributed by atoms with van der Waals surface area (Å²) in [6.45, 7) is 12.6. The number of H-pyrrole nitrogens is 2. The maximum absolute atomic E-state index is 13.7. The van der Waals surface area contributed by atoms with E-state index < -0.39 is 24.3 Å². The predicted molar refractivity (Wildman–Crippen MR) is 227 cm³/mol. The summed E-state index contributed by atoms with van der Waals surface area (Å²) in [7, 11) is 2.58. The Balaban J connectivity index is 1.21. The van der Waals surface area contributed by atoms with E-state index in [0.29, 0.717) is 24.7 Å². The summed E-state index contributed by atoms with van der Waals surface area (Å²) < 4.78 is 9.57. The summed E-state index contributed by atoms with van der Waals surface area (Å²) in [6.07, 6.45) is 4.69. The second kappa shape index (κ2) is 18.6. The van der Waals surface area contributed by atoms with E-state index in [-0.39, 0.29) is 35.7 Å². The molecule has 14 heteroatoms. The van der Waals surface area contributed by atoms with Gasteiger partial charge in [0, 0.05) is 18.7 Å². The molecule has 312 valence electrons. The Kier molecular flexibility index (Phi) is 13.4.